The molecule has 0 aromatic heterocycles. The maximum Gasteiger partial charge on any atom is 0.118 e. The molecule has 1 saturated carbocycles. The van der Waals surface area contributed by atoms with Gasteiger partial charge in [-0.05, 0) is 49.9 Å². The van der Waals surface area contributed by atoms with Crippen LogP contribution >= 0.6 is 0 Å². The summed E-state index contributed by atoms with van der Waals surface area (Å²) in [5, 5.41) is 13.1. The molecule has 0 amide bonds. The molecular formula is C14H20N2O. The fourth-order valence-electron chi connectivity index (χ4n) is 2.66. The number of hydrogen-bond donors (Lipinski definition) is 2. The number of nitrogens with one attached hydrogen (secondary N) is 1. The molecule has 92 valence electrons. The molecule has 1 unspecified atom stereocenters. The van der Waals surface area contributed by atoms with Crippen LogP contribution in [0.5, 0.6) is 5.75 Å². The van der Waals surface area contributed by atoms with E-state index in [1.165, 1.54) is 32.4 Å². The first kappa shape index (κ1) is 10.9. The topological polar surface area (TPSA) is 35.5 Å². The van der Waals surface area contributed by atoms with Gasteiger partial charge in [-0.3, -0.25) is 4.90 Å². The number of anilines is 1. The Kier molecular flexibility index (Phi) is 2.71. The summed E-state index contributed by atoms with van der Waals surface area (Å²) in [6, 6.07) is 7.20. The Labute approximate surface area is 102 Å². The van der Waals surface area contributed by atoms with Crippen LogP contribution in [0.1, 0.15) is 24.8 Å². The van der Waals surface area contributed by atoms with E-state index in [4.69, 9.17) is 0 Å². The number of aromatic hydroxyl groups is 1. The Hall–Kier alpha value is -1.22. The molecule has 1 saturated heterocycles. The number of benzene rings is 1. The first-order chi connectivity index (χ1) is 8.22. The average Bonchev–Trinajstić information content (AvgIpc) is 3.06. The van der Waals surface area contributed by atoms with E-state index in [2.05, 4.69) is 10.2 Å². The molecule has 1 atom stereocenters. The van der Waals surface area contributed by atoms with Crippen LogP contribution in [-0.4, -0.2) is 35.2 Å². The van der Waals surface area contributed by atoms with Crippen LogP contribution in [0.2, 0.25) is 0 Å². The molecule has 2 aliphatic rings. The molecule has 3 heteroatoms. The van der Waals surface area contributed by atoms with Crippen molar-refractivity contribution < 1.29 is 5.11 Å². The van der Waals surface area contributed by atoms with Crippen LogP contribution in [0.3, 0.4) is 0 Å². The van der Waals surface area contributed by atoms with Crippen LogP contribution in [-0.2, 0) is 0 Å². The van der Waals surface area contributed by atoms with Gasteiger partial charge in [0.25, 0.3) is 0 Å². The molecule has 17 heavy (non-hydrogen) atoms. The zero-order valence-electron chi connectivity index (χ0n) is 10.3. The highest BCUT2D eigenvalue weighted by Gasteiger charge is 2.34. The largest absolute Gasteiger partial charge is 0.508 e. The second-order valence-electron chi connectivity index (χ2n) is 5.36. The van der Waals surface area contributed by atoms with Gasteiger partial charge in [-0.25, -0.2) is 0 Å². The van der Waals surface area contributed by atoms with Crippen molar-refractivity contribution in [2.45, 2.75) is 38.3 Å². The Bertz CT molecular complexity index is 415. The van der Waals surface area contributed by atoms with E-state index in [1.54, 1.807) is 6.07 Å². The minimum atomic E-state index is 0.376. The monoisotopic (exact) mass is 232 g/mol. The number of nitrogens with zero attached hydrogens (tertiary/aromatic N) is 1. The highest BCUT2D eigenvalue weighted by molar-refractivity contribution is 5.51. The van der Waals surface area contributed by atoms with Gasteiger partial charge in [0.15, 0.2) is 0 Å². The highest BCUT2D eigenvalue weighted by Crippen LogP contribution is 2.31. The van der Waals surface area contributed by atoms with Crippen molar-refractivity contribution in [1.82, 2.24) is 4.90 Å². The van der Waals surface area contributed by atoms with E-state index in [9.17, 15) is 5.11 Å². The van der Waals surface area contributed by atoms with Gasteiger partial charge in [0.05, 0.1) is 0 Å². The van der Waals surface area contributed by atoms with E-state index in [0.717, 1.165) is 17.3 Å². The van der Waals surface area contributed by atoms with Crippen molar-refractivity contribution in [2.24, 2.45) is 0 Å². The van der Waals surface area contributed by atoms with Crippen LogP contribution in [0.4, 0.5) is 5.69 Å². The molecule has 2 N–H and O–H groups in total. The van der Waals surface area contributed by atoms with E-state index in [0.29, 0.717) is 11.8 Å². The number of rotatable bonds is 3. The van der Waals surface area contributed by atoms with Crippen molar-refractivity contribution in [3.63, 3.8) is 0 Å². The summed E-state index contributed by atoms with van der Waals surface area (Å²) in [7, 11) is 0. The zero-order valence-corrected chi connectivity index (χ0v) is 10.3. The fraction of sp³-hybridized carbons (Fsp3) is 0.571. The van der Waals surface area contributed by atoms with Crippen molar-refractivity contribution in [3.8, 4) is 5.75 Å². The standard InChI is InChI=1S/C14H20N2O/c1-10-8-11(2-5-14(10)17)15-12-6-7-16(9-12)13-3-4-13/h2,5,8,12-13,15,17H,3-4,6-7,9H2,1H3. The first-order valence-corrected chi connectivity index (χ1v) is 6.52. The third kappa shape index (κ3) is 2.39. The molecule has 2 fully saturated rings. The molecule has 0 spiro atoms. The molecule has 3 rings (SSSR count). The minimum absolute atomic E-state index is 0.376. The van der Waals surface area contributed by atoms with E-state index in [-0.39, 0.29) is 0 Å². The molecule has 0 bridgehead atoms. The molecule has 1 aliphatic carbocycles. The Balaban J connectivity index is 1.61. The summed E-state index contributed by atoms with van der Waals surface area (Å²) in [6.07, 6.45) is 4.02. The Morgan fingerprint density at radius 3 is 2.82 bits per heavy atom. The van der Waals surface area contributed by atoms with Crippen LogP contribution < -0.4 is 5.32 Å². The lowest BCUT2D eigenvalue weighted by Gasteiger charge is -2.17. The summed E-state index contributed by atoms with van der Waals surface area (Å²) in [4.78, 5) is 2.60. The second-order valence-corrected chi connectivity index (χ2v) is 5.36. The summed E-state index contributed by atoms with van der Waals surface area (Å²) in [5.41, 5.74) is 2.06. The SMILES string of the molecule is Cc1cc(NC2CCN(C3CC3)C2)ccc1O. The van der Waals surface area contributed by atoms with E-state index in [1.807, 2.05) is 19.1 Å². The molecule has 1 aliphatic heterocycles. The normalized spacial score (nSPS) is 25.1. The maximum atomic E-state index is 9.49. The molecule has 0 radical (unpaired) electrons. The zero-order chi connectivity index (χ0) is 11.8. The lowest BCUT2D eigenvalue weighted by molar-refractivity contribution is 0.326. The van der Waals surface area contributed by atoms with Gasteiger partial charge >= 0.3 is 0 Å². The molecule has 1 heterocycles. The van der Waals surface area contributed by atoms with Gasteiger partial charge in [0, 0.05) is 30.9 Å². The van der Waals surface area contributed by atoms with Gasteiger partial charge in [0.2, 0.25) is 0 Å². The summed E-state index contributed by atoms with van der Waals surface area (Å²) >= 11 is 0. The molecular weight excluding hydrogens is 212 g/mol. The Morgan fingerprint density at radius 2 is 2.12 bits per heavy atom. The van der Waals surface area contributed by atoms with E-state index < -0.39 is 0 Å². The smallest absolute Gasteiger partial charge is 0.118 e. The second kappa shape index (κ2) is 4.22. The average molecular weight is 232 g/mol. The van der Waals surface area contributed by atoms with Gasteiger partial charge in [-0.2, -0.15) is 0 Å². The lowest BCUT2D eigenvalue weighted by Crippen LogP contribution is -2.27. The van der Waals surface area contributed by atoms with Crippen molar-refractivity contribution >= 4 is 5.69 Å². The van der Waals surface area contributed by atoms with Gasteiger partial charge < -0.3 is 10.4 Å². The predicted octanol–water partition coefficient (Wildman–Crippen LogP) is 2.35. The summed E-state index contributed by atoms with van der Waals surface area (Å²) in [6.45, 7) is 4.34. The summed E-state index contributed by atoms with van der Waals surface area (Å²) < 4.78 is 0. The van der Waals surface area contributed by atoms with Crippen molar-refractivity contribution in [1.29, 1.82) is 0 Å². The number of hydrogen-bond acceptors (Lipinski definition) is 3. The quantitative estimate of drug-likeness (QED) is 0.785. The van der Waals surface area contributed by atoms with Crippen molar-refractivity contribution in [2.75, 3.05) is 18.4 Å². The third-order valence-electron chi connectivity index (χ3n) is 3.85. The van der Waals surface area contributed by atoms with Crippen LogP contribution in [0, 0.1) is 6.92 Å². The highest BCUT2D eigenvalue weighted by atomic mass is 16.3. The minimum Gasteiger partial charge on any atom is -0.508 e. The molecule has 3 nitrogen and oxygen atoms in total. The lowest BCUT2D eigenvalue weighted by atomic mass is 10.2. The third-order valence-corrected chi connectivity index (χ3v) is 3.85. The number of phenols is 1. The summed E-state index contributed by atoms with van der Waals surface area (Å²) in [5.74, 6) is 0.376. The first-order valence-electron chi connectivity index (χ1n) is 6.52. The van der Waals surface area contributed by atoms with Crippen molar-refractivity contribution in [3.05, 3.63) is 23.8 Å². The van der Waals surface area contributed by atoms with Gasteiger partial charge in [-0.15, -0.1) is 0 Å². The van der Waals surface area contributed by atoms with E-state index >= 15 is 0 Å². The fourth-order valence-corrected chi connectivity index (χ4v) is 2.66. The van der Waals surface area contributed by atoms with Gasteiger partial charge in [0.1, 0.15) is 5.75 Å². The molecule has 1 aromatic carbocycles. The Morgan fingerprint density at radius 1 is 1.29 bits per heavy atom. The van der Waals surface area contributed by atoms with Gasteiger partial charge in [-0.1, -0.05) is 0 Å². The number of phenolic OH excluding ortho intramolecular Hbond substituents is 1. The molecule has 1 aromatic rings. The number of likely N-dealkylation sites (tertiary alicyclic amines) is 1. The predicted molar refractivity (Wildman–Crippen MR) is 69.5 cm³/mol. The maximum absolute atomic E-state index is 9.49. The van der Waals surface area contributed by atoms with Crippen LogP contribution in [0.15, 0.2) is 18.2 Å². The van der Waals surface area contributed by atoms with Crippen LogP contribution in [0.25, 0.3) is 0 Å². The number of aryl methyl sites for hydroxylation is 1.